The van der Waals surface area contributed by atoms with Crippen molar-refractivity contribution in [2.45, 2.75) is 13.3 Å². The molecule has 0 aliphatic carbocycles. The Morgan fingerprint density at radius 1 is 1.06 bits per heavy atom. The fourth-order valence-electron chi connectivity index (χ4n) is 3.02. The number of ether oxygens (including phenoxy) is 2. The topological polar surface area (TPSA) is 81.7 Å². The first-order chi connectivity index (χ1) is 15.4. The predicted octanol–water partition coefficient (Wildman–Crippen LogP) is 4.80. The number of halogens is 1. The van der Waals surface area contributed by atoms with E-state index in [1.54, 1.807) is 49.4 Å². The first kappa shape index (κ1) is 23.5. The molecule has 0 fully saturated rings. The molecule has 0 atom stereocenters. The lowest BCUT2D eigenvalue weighted by Gasteiger charge is -2.05. The Balaban J connectivity index is 1.78. The lowest BCUT2D eigenvalue weighted by Crippen LogP contribution is -2.29. The molecule has 166 valence electrons. The van der Waals surface area contributed by atoms with Crippen LogP contribution in [0.5, 0.6) is 5.75 Å². The number of amides is 1. The molecule has 1 N–H and O–H groups in total. The van der Waals surface area contributed by atoms with E-state index in [1.807, 2.05) is 12.1 Å². The van der Waals surface area contributed by atoms with Gasteiger partial charge in [-0.3, -0.25) is 14.4 Å². The predicted molar refractivity (Wildman–Crippen MR) is 125 cm³/mol. The maximum atomic E-state index is 12.8. The third-order valence-corrected chi connectivity index (χ3v) is 6.09. The molecule has 6 nitrogen and oxygen atoms in total. The summed E-state index contributed by atoms with van der Waals surface area (Å²) >= 11 is 7.26. The Kier molecular flexibility index (Phi) is 8.03. The Morgan fingerprint density at radius 3 is 2.50 bits per heavy atom. The molecule has 0 spiro atoms. The van der Waals surface area contributed by atoms with E-state index >= 15 is 0 Å². The van der Waals surface area contributed by atoms with Gasteiger partial charge in [-0.05, 0) is 54.4 Å². The summed E-state index contributed by atoms with van der Waals surface area (Å²) < 4.78 is 10.2. The summed E-state index contributed by atoms with van der Waals surface area (Å²) in [5.41, 5.74) is 1.93. The van der Waals surface area contributed by atoms with Crippen LogP contribution in [-0.4, -0.2) is 37.9 Å². The van der Waals surface area contributed by atoms with Crippen molar-refractivity contribution in [1.29, 1.82) is 0 Å². The fourth-order valence-corrected chi connectivity index (χ4v) is 4.27. The van der Waals surface area contributed by atoms with Crippen molar-refractivity contribution in [2.75, 3.05) is 20.3 Å². The Bertz CT molecular complexity index is 1120. The van der Waals surface area contributed by atoms with Gasteiger partial charge < -0.3 is 14.8 Å². The van der Waals surface area contributed by atoms with E-state index in [0.29, 0.717) is 26.8 Å². The van der Waals surface area contributed by atoms with Gasteiger partial charge in [0.25, 0.3) is 5.91 Å². The maximum Gasteiger partial charge on any atom is 0.310 e. The molecule has 0 saturated heterocycles. The quantitative estimate of drug-likeness (QED) is 0.358. The van der Waals surface area contributed by atoms with Gasteiger partial charge in [0.1, 0.15) is 5.75 Å². The summed E-state index contributed by atoms with van der Waals surface area (Å²) in [5.74, 6) is -0.445. The van der Waals surface area contributed by atoms with Crippen LogP contribution >= 0.6 is 22.9 Å². The molecule has 1 amide bonds. The largest absolute Gasteiger partial charge is 0.497 e. The van der Waals surface area contributed by atoms with Crippen molar-refractivity contribution < 1.29 is 23.9 Å². The molecule has 0 bridgehead atoms. The van der Waals surface area contributed by atoms with Crippen molar-refractivity contribution in [3.05, 3.63) is 75.6 Å². The van der Waals surface area contributed by atoms with Gasteiger partial charge >= 0.3 is 5.97 Å². The third kappa shape index (κ3) is 5.96. The molecular formula is C24H22ClNO5S. The molecule has 2 aromatic carbocycles. The number of nitrogens with one attached hydrogen (secondary N) is 1. The minimum absolute atomic E-state index is 0.0474. The standard InChI is InChI=1S/C24H22ClNO5S/c1-3-31-22(28)13-17-12-21(32-23(17)15-7-9-18(25)10-8-15)20(27)14-26-24(29)16-5-4-6-19(11-16)30-2/h4-12H,3,13-14H2,1-2H3,(H,26,29). The van der Waals surface area contributed by atoms with Crippen LogP contribution in [0.1, 0.15) is 32.5 Å². The van der Waals surface area contributed by atoms with E-state index in [9.17, 15) is 14.4 Å². The van der Waals surface area contributed by atoms with Crippen molar-refractivity contribution in [1.82, 2.24) is 5.32 Å². The Hall–Kier alpha value is -3.16. The second-order valence-electron chi connectivity index (χ2n) is 6.79. The summed E-state index contributed by atoms with van der Waals surface area (Å²) in [7, 11) is 1.52. The molecule has 0 aliphatic heterocycles. The highest BCUT2D eigenvalue weighted by Crippen LogP contribution is 2.34. The van der Waals surface area contributed by atoms with Gasteiger partial charge in [0.15, 0.2) is 5.78 Å². The highest BCUT2D eigenvalue weighted by Gasteiger charge is 2.19. The van der Waals surface area contributed by atoms with E-state index in [-0.39, 0.29) is 37.2 Å². The number of hydrogen-bond acceptors (Lipinski definition) is 6. The average molecular weight is 472 g/mol. The highest BCUT2D eigenvalue weighted by molar-refractivity contribution is 7.17. The summed E-state index contributed by atoms with van der Waals surface area (Å²) in [5, 5.41) is 3.23. The number of benzene rings is 2. The van der Waals surface area contributed by atoms with Gasteiger partial charge in [-0.15, -0.1) is 11.3 Å². The number of esters is 1. The van der Waals surface area contributed by atoms with Crippen molar-refractivity contribution in [3.8, 4) is 16.2 Å². The number of Topliss-reactive ketones (excluding diaryl/α,β-unsaturated/α-hetero) is 1. The van der Waals surface area contributed by atoms with Crippen molar-refractivity contribution in [3.63, 3.8) is 0 Å². The van der Waals surface area contributed by atoms with Crippen LogP contribution in [0.15, 0.2) is 54.6 Å². The Labute approximate surface area is 195 Å². The molecule has 3 aromatic rings. The van der Waals surface area contributed by atoms with Crippen LogP contribution in [0.2, 0.25) is 5.02 Å². The van der Waals surface area contributed by atoms with Gasteiger partial charge in [-0.25, -0.2) is 0 Å². The average Bonchev–Trinajstić information content (AvgIpc) is 3.21. The van der Waals surface area contributed by atoms with Gasteiger partial charge in [-0.1, -0.05) is 29.8 Å². The first-order valence-corrected chi connectivity index (χ1v) is 11.1. The molecule has 1 heterocycles. The maximum absolute atomic E-state index is 12.8. The van der Waals surface area contributed by atoms with Crippen molar-refractivity contribution in [2.24, 2.45) is 0 Å². The summed E-state index contributed by atoms with van der Waals surface area (Å²) in [6.07, 6.45) is 0.0474. The SMILES string of the molecule is CCOC(=O)Cc1cc(C(=O)CNC(=O)c2cccc(OC)c2)sc1-c1ccc(Cl)cc1. The smallest absolute Gasteiger partial charge is 0.310 e. The van der Waals surface area contributed by atoms with Crippen LogP contribution < -0.4 is 10.1 Å². The second kappa shape index (κ2) is 10.9. The number of hydrogen-bond donors (Lipinski definition) is 1. The lowest BCUT2D eigenvalue weighted by atomic mass is 10.1. The van der Waals surface area contributed by atoms with Crippen LogP contribution in [0.25, 0.3) is 10.4 Å². The zero-order valence-corrected chi connectivity index (χ0v) is 19.2. The third-order valence-electron chi connectivity index (χ3n) is 4.57. The van der Waals surface area contributed by atoms with Gasteiger partial charge in [0, 0.05) is 15.5 Å². The molecule has 1 aromatic heterocycles. The molecule has 32 heavy (non-hydrogen) atoms. The molecule has 0 saturated carbocycles. The van der Waals surface area contributed by atoms with Gasteiger partial charge in [0.05, 0.1) is 31.6 Å². The number of rotatable bonds is 9. The molecule has 0 radical (unpaired) electrons. The van der Waals surface area contributed by atoms with Crippen LogP contribution in [0.4, 0.5) is 0 Å². The number of ketones is 1. The van der Waals surface area contributed by atoms with Gasteiger partial charge in [-0.2, -0.15) is 0 Å². The zero-order valence-electron chi connectivity index (χ0n) is 17.6. The number of carbonyl (C=O) groups excluding carboxylic acids is 3. The van der Waals surface area contributed by atoms with Crippen molar-refractivity contribution >= 4 is 40.6 Å². The van der Waals surface area contributed by atoms with E-state index in [4.69, 9.17) is 21.1 Å². The van der Waals surface area contributed by atoms with Crippen LogP contribution in [0, 0.1) is 0 Å². The highest BCUT2D eigenvalue weighted by atomic mass is 35.5. The van der Waals surface area contributed by atoms with E-state index in [2.05, 4.69) is 5.32 Å². The summed E-state index contributed by atoms with van der Waals surface area (Å²) in [6, 6.07) is 15.5. The minimum atomic E-state index is -0.376. The zero-order chi connectivity index (χ0) is 23.1. The number of thiophene rings is 1. The second-order valence-corrected chi connectivity index (χ2v) is 8.28. The minimum Gasteiger partial charge on any atom is -0.497 e. The van der Waals surface area contributed by atoms with Crippen LogP contribution in [-0.2, 0) is 16.0 Å². The number of carbonyl (C=O) groups is 3. The fraction of sp³-hybridized carbons (Fsp3) is 0.208. The summed E-state index contributed by atoms with van der Waals surface area (Å²) in [4.78, 5) is 38.5. The monoisotopic (exact) mass is 471 g/mol. The van der Waals surface area contributed by atoms with Crippen LogP contribution in [0.3, 0.4) is 0 Å². The first-order valence-electron chi connectivity index (χ1n) is 9.91. The molecule has 8 heteroatoms. The number of methoxy groups -OCH3 is 1. The molecule has 0 aliphatic rings. The van der Waals surface area contributed by atoms with E-state index < -0.39 is 0 Å². The normalized spacial score (nSPS) is 10.5. The van der Waals surface area contributed by atoms with Gasteiger partial charge in [0.2, 0.25) is 0 Å². The van der Waals surface area contributed by atoms with E-state index in [1.165, 1.54) is 18.4 Å². The molecule has 0 unspecified atom stereocenters. The summed E-state index contributed by atoms with van der Waals surface area (Å²) in [6.45, 7) is 1.85. The lowest BCUT2D eigenvalue weighted by molar-refractivity contribution is -0.142. The van der Waals surface area contributed by atoms with E-state index in [0.717, 1.165) is 10.4 Å². The molecular weight excluding hydrogens is 450 g/mol. The Morgan fingerprint density at radius 2 is 1.81 bits per heavy atom. The molecule has 3 rings (SSSR count).